The first-order valence-electron chi connectivity index (χ1n) is 6.84. The molecule has 1 unspecified atom stereocenters. The van der Waals surface area contributed by atoms with Gasteiger partial charge in [0.15, 0.2) is 17.6 Å². The predicted molar refractivity (Wildman–Crippen MR) is 80.9 cm³/mol. The molecule has 3 rings (SSSR count). The van der Waals surface area contributed by atoms with E-state index in [2.05, 4.69) is 21.0 Å². The summed E-state index contributed by atoms with van der Waals surface area (Å²) in [6.07, 6.45) is 1.89. The molecule has 0 bridgehead atoms. The van der Waals surface area contributed by atoms with Crippen LogP contribution in [0, 0.1) is 0 Å². The van der Waals surface area contributed by atoms with Crippen LogP contribution in [-0.2, 0) is 6.54 Å². The number of fused-ring (bicyclic) bond motifs is 1. The van der Waals surface area contributed by atoms with E-state index < -0.39 is 6.10 Å². The number of ether oxygens (including phenoxy) is 2. The summed E-state index contributed by atoms with van der Waals surface area (Å²) in [6, 6.07) is 7.35. The molecule has 0 saturated carbocycles. The van der Waals surface area contributed by atoms with Gasteiger partial charge in [0.25, 0.3) is 0 Å². The number of aryl methyl sites for hydroxylation is 1. The molecule has 0 N–H and O–H groups in total. The van der Waals surface area contributed by atoms with Gasteiger partial charge in [-0.2, -0.15) is 5.10 Å². The molecule has 1 aliphatic rings. The molecule has 1 atom stereocenters. The van der Waals surface area contributed by atoms with Crippen LogP contribution in [0.15, 0.2) is 34.9 Å². The van der Waals surface area contributed by atoms with Crippen molar-refractivity contribution >= 4 is 21.7 Å². The zero-order valence-electron chi connectivity index (χ0n) is 11.6. The Labute approximate surface area is 131 Å². The van der Waals surface area contributed by atoms with Crippen molar-refractivity contribution in [2.24, 2.45) is 0 Å². The molecular weight excluding hydrogens is 336 g/mol. The molecule has 2 aromatic rings. The van der Waals surface area contributed by atoms with Crippen molar-refractivity contribution in [3.05, 3.63) is 40.6 Å². The summed E-state index contributed by atoms with van der Waals surface area (Å²) in [5.74, 6) is 1.14. The van der Waals surface area contributed by atoms with Gasteiger partial charge in [-0.25, -0.2) is 0 Å². The quantitative estimate of drug-likeness (QED) is 0.795. The summed E-state index contributed by atoms with van der Waals surface area (Å²) in [5, 5.41) is 4.22. The summed E-state index contributed by atoms with van der Waals surface area (Å²) in [6.45, 7) is 2.94. The minimum atomic E-state index is -0.650. The van der Waals surface area contributed by atoms with E-state index in [0.29, 0.717) is 28.2 Å². The van der Waals surface area contributed by atoms with E-state index in [0.717, 1.165) is 6.42 Å². The highest BCUT2D eigenvalue weighted by atomic mass is 79.9. The number of halogens is 1. The largest absolute Gasteiger partial charge is 0.485 e. The normalized spacial score (nSPS) is 16.8. The maximum absolute atomic E-state index is 12.7. The van der Waals surface area contributed by atoms with Crippen molar-refractivity contribution < 1.29 is 14.3 Å². The Morgan fingerprint density at radius 2 is 2.19 bits per heavy atom. The average molecular weight is 351 g/mol. The summed E-state index contributed by atoms with van der Waals surface area (Å²) in [4.78, 5) is 12.7. The van der Waals surface area contributed by atoms with Gasteiger partial charge in [0.2, 0.25) is 5.78 Å². The van der Waals surface area contributed by atoms with Crippen molar-refractivity contribution in [1.82, 2.24) is 9.78 Å². The molecule has 0 aliphatic carbocycles. The number of rotatable bonds is 4. The molecule has 1 aromatic carbocycles. The Morgan fingerprint density at radius 1 is 1.43 bits per heavy atom. The first-order valence-corrected chi connectivity index (χ1v) is 7.64. The molecule has 1 aliphatic heterocycles. The van der Waals surface area contributed by atoms with Crippen LogP contribution in [0.4, 0.5) is 0 Å². The Hall–Kier alpha value is -1.82. The van der Waals surface area contributed by atoms with Gasteiger partial charge in [0.1, 0.15) is 12.3 Å². The van der Waals surface area contributed by atoms with Gasteiger partial charge in [-0.05, 0) is 34.5 Å². The van der Waals surface area contributed by atoms with Gasteiger partial charge < -0.3 is 9.47 Å². The molecule has 0 saturated heterocycles. The Kier molecular flexibility index (Phi) is 3.96. The fourth-order valence-corrected chi connectivity index (χ4v) is 2.78. The van der Waals surface area contributed by atoms with Gasteiger partial charge in [0, 0.05) is 6.54 Å². The number of hydrogen-bond acceptors (Lipinski definition) is 4. The molecule has 0 spiro atoms. The average Bonchev–Trinajstić information content (AvgIpc) is 2.87. The molecule has 0 radical (unpaired) electrons. The van der Waals surface area contributed by atoms with E-state index in [-0.39, 0.29) is 12.4 Å². The van der Waals surface area contributed by atoms with Gasteiger partial charge in [0.05, 0.1) is 10.7 Å². The number of para-hydroxylation sites is 2. The Balaban J connectivity index is 1.85. The lowest BCUT2D eigenvalue weighted by molar-refractivity contribution is 0.0574. The summed E-state index contributed by atoms with van der Waals surface area (Å²) in [5.41, 5.74) is 0.532. The summed E-state index contributed by atoms with van der Waals surface area (Å²) >= 11 is 3.39. The predicted octanol–water partition coefficient (Wildman–Crippen LogP) is 3.08. The van der Waals surface area contributed by atoms with Gasteiger partial charge >= 0.3 is 0 Å². The standard InChI is InChI=1S/C15H15BrN2O3/c1-2-7-18-14(10(16)8-17-18)15(19)13-9-20-11-5-3-4-6-12(11)21-13/h3-6,8,13H,2,7,9H2,1H3. The Morgan fingerprint density at radius 3 is 2.95 bits per heavy atom. The molecule has 21 heavy (non-hydrogen) atoms. The van der Waals surface area contributed by atoms with E-state index >= 15 is 0 Å². The second kappa shape index (κ2) is 5.89. The maximum atomic E-state index is 12.7. The first-order chi connectivity index (χ1) is 10.2. The number of Topliss-reactive ketones (excluding diaryl/α,β-unsaturated/α-hetero) is 1. The van der Waals surface area contributed by atoms with Crippen LogP contribution in [0.2, 0.25) is 0 Å². The first kappa shape index (κ1) is 14.1. The molecule has 2 heterocycles. The van der Waals surface area contributed by atoms with Crippen LogP contribution < -0.4 is 9.47 Å². The zero-order chi connectivity index (χ0) is 14.8. The fraction of sp³-hybridized carbons (Fsp3) is 0.333. The highest BCUT2D eigenvalue weighted by Crippen LogP contribution is 2.32. The number of carbonyl (C=O) groups is 1. The van der Waals surface area contributed by atoms with Crippen LogP contribution in [0.3, 0.4) is 0 Å². The van der Waals surface area contributed by atoms with Crippen LogP contribution in [0.25, 0.3) is 0 Å². The molecule has 6 heteroatoms. The number of benzene rings is 1. The van der Waals surface area contributed by atoms with Crippen molar-refractivity contribution in [3.8, 4) is 11.5 Å². The molecular formula is C15H15BrN2O3. The van der Waals surface area contributed by atoms with Crippen LogP contribution in [0.5, 0.6) is 11.5 Å². The molecule has 0 fully saturated rings. The van der Waals surface area contributed by atoms with E-state index in [4.69, 9.17) is 9.47 Å². The lowest BCUT2D eigenvalue weighted by atomic mass is 10.1. The van der Waals surface area contributed by atoms with Gasteiger partial charge in [-0.1, -0.05) is 19.1 Å². The lowest BCUT2D eigenvalue weighted by Crippen LogP contribution is -2.37. The van der Waals surface area contributed by atoms with Crippen molar-refractivity contribution in [2.45, 2.75) is 26.0 Å². The van der Waals surface area contributed by atoms with E-state index in [1.165, 1.54) is 0 Å². The number of hydrogen-bond donors (Lipinski definition) is 0. The summed E-state index contributed by atoms with van der Waals surface area (Å²) in [7, 11) is 0. The number of nitrogens with zero attached hydrogens (tertiary/aromatic N) is 2. The monoisotopic (exact) mass is 350 g/mol. The van der Waals surface area contributed by atoms with E-state index in [1.807, 2.05) is 25.1 Å². The number of aromatic nitrogens is 2. The minimum absolute atomic E-state index is 0.123. The SMILES string of the molecule is CCCn1ncc(Br)c1C(=O)C1COc2ccccc2O1. The van der Waals surface area contributed by atoms with Gasteiger partial charge in [-0.3, -0.25) is 9.48 Å². The number of carbonyl (C=O) groups excluding carboxylic acids is 1. The topological polar surface area (TPSA) is 53.4 Å². The second-order valence-corrected chi connectivity index (χ2v) is 5.65. The molecule has 5 nitrogen and oxygen atoms in total. The maximum Gasteiger partial charge on any atom is 0.225 e. The molecule has 110 valence electrons. The number of ketones is 1. The van der Waals surface area contributed by atoms with Crippen LogP contribution in [0.1, 0.15) is 23.8 Å². The highest BCUT2D eigenvalue weighted by molar-refractivity contribution is 9.10. The Bertz CT molecular complexity index is 669. The van der Waals surface area contributed by atoms with E-state index in [1.54, 1.807) is 16.9 Å². The summed E-state index contributed by atoms with van der Waals surface area (Å²) < 4.78 is 13.8. The van der Waals surface area contributed by atoms with Gasteiger partial charge in [-0.15, -0.1) is 0 Å². The third kappa shape index (κ3) is 2.68. The fourth-order valence-electron chi connectivity index (χ4n) is 2.29. The van der Waals surface area contributed by atoms with Crippen molar-refractivity contribution in [2.75, 3.05) is 6.61 Å². The second-order valence-electron chi connectivity index (χ2n) is 4.79. The molecule has 1 aromatic heterocycles. The lowest BCUT2D eigenvalue weighted by Gasteiger charge is -2.25. The molecule has 0 amide bonds. The van der Waals surface area contributed by atoms with Crippen LogP contribution >= 0.6 is 15.9 Å². The smallest absolute Gasteiger partial charge is 0.225 e. The van der Waals surface area contributed by atoms with E-state index in [9.17, 15) is 4.79 Å². The van der Waals surface area contributed by atoms with Crippen molar-refractivity contribution in [3.63, 3.8) is 0 Å². The zero-order valence-corrected chi connectivity index (χ0v) is 13.2. The van der Waals surface area contributed by atoms with Crippen LogP contribution in [-0.4, -0.2) is 28.3 Å². The minimum Gasteiger partial charge on any atom is -0.485 e. The van der Waals surface area contributed by atoms with Crippen molar-refractivity contribution in [1.29, 1.82) is 0 Å². The third-order valence-electron chi connectivity index (χ3n) is 3.26. The highest BCUT2D eigenvalue weighted by Gasteiger charge is 2.31. The third-order valence-corrected chi connectivity index (χ3v) is 3.84.